The Morgan fingerprint density at radius 2 is 1.84 bits per heavy atom. The number of benzene rings is 2. The molecule has 0 saturated heterocycles. The molecule has 1 amide bonds. The minimum Gasteiger partial charge on any atom is -0.378 e. The van der Waals surface area contributed by atoms with Gasteiger partial charge in [-0.25, -0.2) is 13.1 Å². The Bertz CT molecular complexity index is 890. The number of carbonyl (C=O) groups excluding carboxylic acids is 1. The highest BCUT2D eigenvalue weighted by atomic mass is 32.2. The molecule has 3 rings (SSSR count). The van der Waals surface area contributed by atoms with Gasteiger partial charge in [-0.2, -0.15) is 0 Å². The van der Waals surface area contributed by atoms with Crippen LogP contribution in [0.5, 0.6) is 0 Å². The molecule has 0 atom stereocenters. The van der Waals surface area contributed by atoms with Gasteiger partial charge in [-0.1, -0.05) is 12.1 Å². The first-order valence-corrected chi connectivity index (χ1v) is 9.52. The van der Waals surface area contributed by atoms with E-state index in [0.29, 0.717) is 24.2 Å². The van der Waals surface area contributed by atoms with Crippen LogP contribution in [-0.4, -0.2) is 35.0 Å². The second-order valence-corrected chi connectivity index (χ2v) is 8.02. The lowest BCUT2D eigenvalue weighted by Crippen LogP contribution is -2.26. The number of nitrogens with one attached hydrogen (secondary N) is 2. The normalized spacial score (nSPS) is 13.4. The molecule has 2 aromatic carbocycles. The molecule has 6 nitrogen and oxygen atoms in total. The van der Waals surface area contributed by atoms with E-state index in [1.807, 2.05) is 43.3 Å². The number of sulfonamides is 1. The third-order valence-electron chi connectivity index (χ3n) is 4.17. The second-order valence-electron chi connectivity index (χ2n) is 6.25. The SMILES string of the molecule is CN(C)c1ccc(CCNS(=O)(=O)c2ccc3c(c2)CC(=O)N3)cc1. The van der Waals surface area contributed by atoms with Crippen LogP contribution in [0, 0.1) is 0 Å². The predicted octanol–water partition coefficient (Wildman–Crippen LogP) is 1.77. The van der Waals surface area contributed by atoms with Crippen LogP contribution in [0.3, 0.4) is 0 Å². The summed E-state index contributed by atoms with van der Waals surface area (Å²) in [5.74, 6) is -0.112. The quantitative estimate of drug-likeness (QED) is 0.824. The van der Waals surface area contributed by atoms with Crippen molar-refractivity contribution >= 4 is 27.3 Å². The van der Waals surface area contributed by atoms with Gasteiger partial charge >= 0.3 is 0 Å². The number of hydrogen-bond donors (Lipinski definition) is 2. The Balaban J connectivity index is 1.62. The Hall–Kier alpha value is -2.38. The number of hydrogen-bond acceptors (Lipinski definition) is 4. The summed E-state index contributed by atoms with van der Waals surface area (Å²) in [5, 5.41) is 2.70. The van der Waals surface area contributed by atoms with Gasteiger partial charge in [0.05, 0.1) is 11.3 Å². The molecule has 0 bridgehead atoms. The van der Waals surface area contributed by atoms with Gasteiger partial charge in [0.25, 0.3) is 0 Å². The summed E-state index contributed by atoms with van der Waals surface area (Å²) in [6.07, 6.45) is 0.828. The molecule has 2 N–H and O–H groups in total. The van der Waals surface area contributed by atoms with Gasteiger partial charge in [0.2, 0.25) is 15.9 Å². The van der Waals surface area contributed by atoms with Crippen molar-refractivity contribution in [2.45, 2.75) is 17.7 Å². The average Bonchev–Trinajstić information content (AvgIpc) is 2.94. The van der Waals surface area contributed by atoms with Crippen LogP contribution >= 0.6 is 0 Å². The maximum absolute atomic E-state index is 12.4. The van der Waals surface area contributed by atoms with Gasteiger partial charge in [0, 0.05) is 32.0 Å². The molecule has 0 radical (unpaired) electrons. The van der Waals surface area contributed by atoms with E-state index in [-0.39, 0.29) is 17.2 Å². The van der Waals surface area contributed by atoms with Crippen molar-refractivity contribution in [1.29, 1.82) is 0 Å². The molecule has 1 aliphatic heterocycles. The summed E-state index contributed by atoms with van der Waals surface area (Å²) in [5.41, 5.74) is 3.57. The molecular formula is C18H21N3O3S. The van der Waals surface area contributed by atoms with E-state index >= 15 is 0 Å². The second kappa shape index (κ2) is 6.85. The van der Waals surface area contributed by atoms with Crippen LogP contribution in [0.2, 0.25) is 0 Å². The zero-order valence-electron chi connectivity index (χ0n) is 14.2. The zero-order chi connectivity index (χ0) is 18.0. The third kappa shape index (κ3) is 4.00. The van der Waals surface area contributed by atoms with Crippen LogP contribution in [0.15, 0.2) is 47.4 Å². The maximum Gasteiger partial charge on any atom is 0.240 e. The summed E-state index contributed by atoms with van der Waals surface area (Å²) >= 11 is 0. The smallest absolute Gasteiger partial charge is 0.240 e. The molecule has 0 aliphatic carbocycles. The van der Waals surface area contributed by atoms with Crippen LogP contribution in [0.25, 0.3) is 0 Å². The summed E-state index contributed by atoms with van der Waals surface area (Å²) in [6.45, 7) is 0.317. The molecule has 0 saturated carbocycles. The van der Waals surface area contributed by atoms with E-state index in [2.05, 4.69) is 10.0 Å². The first-order chi connectivity index (χ1) is 11.8. The molecule has 2 aromatic rings. The van der Waals surface area contributed by atoms with Gasteiger partial charge in [-0.3, -0.25) is 4.79 Å². The van der Waals surface area contributed by atoms with Crippen molar-refractivity contribution < 1.29 is 13.2 Å². The molecule has 25 heavy (non-hydrogen) atoms. The molecule has 0 unspecified atom stereocenters. The third-order valence-corrected chi connectivity index (χ3v) is 5.63. The fourth-order valence-corrected chi connectivity index (χ4v) is 3.83. The van der Waals surface area contributed by atoms with E-state index in [9.17, 15) is 13.2 Å². The number of fused-ring (bicyclic) bond motifs is 1. The summed E-state index contributed by atoms with van der Waals surface area (Å²) < 4.78 is 27.5. The highest BCUT2D eigenvalue weighted by Crippen LogP contribution is 2.25. The topological polar surface area (TPSA) is 78.5 Å². The standard InChI is InChI=1S/C18H21N3O3S/c1-21(2)15-5-3-13(4-6-15)9-10-19-25(23,24)16-7-8-17-14(11-16)12-18(22)20-17/h3-8,11,19H,9-10,12H2,1-2H3,(H,20,22). The van der Waals surface area contributed by atoms with Crippen LogP contribution < -0.4 is 14.9 Å². The highest BCUT2D eigenvalue weighted by Gasteiger charge is 2.21. The van der Waals surface area contributed by atoms with E-state index in [1.165, 1.54) is 6.07 Å². The first-order valence-electron chi connectivity index (χ1n) is 8.04. The predicted molar refractivity (Wildman–Crippen MR) is 98.4 cm³/mol. The lowest BCUT2D eigenvalue weighted by atomic mass is 10.1. The van der Waals surface area contributed by atoms with E-state index < -0.39 is 10.0 Å². The van der Waals surface area contributed by atoms with Crippen molar-refractivity contribution in [3.63, 3.8) is 0 Å². The largest absolute Gasteiger partial charge is 0.378 e. The van der Waals surface area contributed by atoms with E-state index in [0.717, 1.165) is 11.3 Å². The summed E-state index contributed by atoms with van der Waals surface area (Å²) in [4.78, 5) is 13.6. The van der Waals surface area contributed by atoms with E-state index in [1.54, 1.807) is 12.1 Å². The number of rotatable bonds is 6. The fraction of sp³-hybridized carbons (Fsp3) is 0.278. The van der Waals surface area contributed by atoms with E-state index in [4.69, 9.17) is 0 Å². The van der Waals surface area contributed by atoms with Crippen molar-refractivity contribution in [2.24, 2.45) is 0 Å². The van der Waals surface area contributed by atoms with Crippen molar-refractivity contribution in [3.8, 4) is 0 Å². The summed E-state index contributed by atoms with van der Waals surface area (Å²) in [6, 6.07) is 12.7. The molecule has 1 aliphatic rings. The molecule has 0 fully saturated rings. The van der Waals surface area contributed by atoms with Gasteiger partial charge in [-0.15, -0.1) is 0 Å². The molecular weight excluding hydrogens is 338 g/mol. The van der Waals surface area contributed by atoms with Gasteiger partial charge < -0.3 is 10.2 Å². The molecule has 1 heterocycles. The lowest BCUT2D eigenvalue weighted by Gasteiger charge is -2.13. The van der Waals surface area contributed by atoms with Crippen LogP contribution in [0.4, 0.5) is 11.4 Å². The Kier molecular flexibility index (Phi) is 4.78. The van der Waals surface area contributed by atoms with Crippen molar-refractivity contribution in [2.75, 3.05) is 30.9 Å². The lowest BCUT2D eigenvalue weighted by molar-refractivity contribution is -0.115. The molecule has 7 heteroatoms. The number of nitrogens with zero attached hydrogens (tertiary/aromatic N) is 1. The zero-order valence-corrected chi connectivity index (χ0v) is 15.1. The van der Waals surface area contributed by atoms with Crippen LogP contribution in [0.1, 0.15) is 11.1 Å². The molecule has 132 valence electrons. The molecule has 0 aromatic heterocycles. The monoisotopic (exact) mass is 359 g/mol. The highest BCUT2D eigenvalue weighted by molar-refractivity contribution is 7.89. The number of carbonyl (C=O) groups is 1. The minimum absolute atomic E-state index is 0.112. The average molecular weight is 359 g/mol. The van der Waals surface area contributed by atoms with Crippen LogP contribution in [-0.2, 0) is 27.7 Å². The summed E-state index contributed by atoms with van der Waals surface area (Å²) in [7, 11) is 0.362. The number of amides is 1. The van der Waals surface area contributed by atoms with Gasteiger partial charge in [0.1, 0.15) is 0 Å². The Labute approximate surface area is 147 Å². The maximum atomic E-state index is 12.4. The minimum atomic E-state index is -3.59. The van der Waals surface area contributed by atoms with Gasteiger partial charge in [-0.05, 0) is 47.9 Å². The first kappa shape index (κ1) is 17.4. The molecule has 0 spiro atoms. The van der Waals surface area contributed by atoms with Gasteiger partial charge in [0.15, 0.2) is 0 Å². The Morgan fingerprint density at radius 1 is 1.12 bits per heavy atom. The Morgan fingerprint density at radius 3 is 2.52 bits per heavy atom. The van der Waals surface area contributed by atoms with Crippen molar-refractivity contribution in [1.82, 2.24) is 4.72 Å². The van der Waals surface area contributed by atoms with Crippen molar-refractivity contribution in [3.05, 3.63) is 53.6 Å². The fourth-order valence-electron chi connectivity index (χ4n) is 2.75. The number of anilines is 2.